The van der Waals surface area contributed by atoms with Crippen LogP contribution in [0.2, 0.25) is 0 Å². The van der Waals surface area contributed by atoms with E-state index in [1.165, 1.54) is 3.97 Å². The van der Waals surface area contributed by atoms with E-state index in [1.807, 2.05) is 85.8 Å². The van der Waals surface area contributed by atoms with Gasteiger partial charge in [0.2, 0.25) is 0 Å². The molecule has 6 aromatic rings. The zero-order valence-corrected chi connectivity index (χ0v) is 23.0. The zero-order chi connectivity index (χ0) is 28.1. The van der Waals surface area contributed by atoms with Crippen molar-refractivity contribution < 1.29 is 17.9 Å². The first-order valence-corrected chi connectivity index (χ1v) is 14.7. The van der Waals surface area contributed by atoms with Gasteiger partial charge < -0.3 is 4.74 Å². The number of fused-ring (bicyclic) bond motifs is 3. The molecule has 1 amide bonds. The van der Waals surface area contributed by atoms with Crippen LogP contribution in [0.15, 0.2) is 114 Å². The maximum Gasteiger partial charge on any atom is 0.414 e. The van der Waals surface area contributed by atoms with Crippen LogP contribution in [0.4, 0.5) is 10.5 Å². The van der Waals surface area contributed by atoms with Gasteiger partial charge in [-0.25, -0.2) is 22.2 Å². The molecule has 3 heterocycles. The molecule has 8 heteroatoms. The van der Waals surface area contributed by atoms with Crippen molar-refractivity contribution in [1.82, 2.24) is 8.96 Å². The Morgan fingerprint density at radius 3 is 2.07 bits per heavy atom. The molecule has 0 aliphatic carbocycles. The number of anilines is 1. The molecule has 7 rings (SSSR count). The molecule has 0 saturated carbocycles. The number of carbonyl (C=O) groups is 1. The number of aromatic nitrogens is 2. The molecule has 1 fully saturated rings. The van der Waals surface area contributed by atoms with E-state index in [1.54, 1.807) is 35.2 Å². The van der Waals surface area contributed by atoms with Gasteiger partial charge in [0.1, 0.15) is 6.61 Å². The van der Waals surface area contributed by atoms with Crippen molar-refractivity contribution in [3.8, 4) is 22.4 Å². The number of nitrogens with zero attached hydrogens (tertiary/aromatic N) is 3. The number of cyclic esters (lactones) is 1. The van der Waals surface area contributed by atoms with Crippen LogP contribution in [-0.4, -0.2) is 36.6 Å². The molecule has 2 aromatic heterocycles. The van der Waals surface area contributed by atoms with E-state index in [0.717, 1.165) is 16.7 Å². The van der Waals surface area contributed by atoms with Crippen LogP contribution >= 0.6 is 0 Å². The van der Waals surface area contributed by atoms with Crippen LogP contribution in [0.3, 0.4) is 0 Å². The molecule has 202 valence electrons. The molecule has 1 aliphatic rings. The molecule has 7 nitrogen and oxygen atoms in total. The highest BCUT2D eigenvalue weighted by atomic mass is 32.2. The molecule has 0 unspecified atom stereocenters. The summed E-state index contributed by atoms with van der Waals surface area (Å²) < 4.78 is 35.8. The number of hydrogen-bond donors (Lipinski definition) is 0. The van der Waals surface area contributed by atoms with Crippen LogP contribution < -0.4 is 4.90 Å². The molecule has 1 saturated heterocycles. The number of aryl methyl sites for hydroxylation is 1. The van der Waals surface area contributed by atoms with Gasteiger partial charge in [-0.15, -0.1) is 0 Å². The predicted octanol–water partition coefficient (Wildman–Crippen LogP) is 7.03. The summed E-state index contributed by atoms with van der Waals surface area (Å²) >= 11 is 0. The Hall–Kier alpha value is -4.95. The third kappa shape index (κ3) is 3.98. The Labute approximate surface area is 237 Å². The van der Waals surface area contributed by atoms with Gasteiger partial charge in [0.15, 0.2) is 0 Å². The van der Waals surface area contributed by atoms with E-state index in [2.05, 4.69) is 0 Å². The second kappa shape index (κ2) is 9.60. The normalized spacial score (nSPS) is 13.7. The molecule has 0 bridgehead atoms. The number of para-hydroxylation sites is 1. The molecule has 0 radical (unpaired) electrons. The van der Waals surface area contributed by atoms with Crippen molar-refractivity contribution in [3.05, 3.63) is 115 Å². The largest absolute Gasteiger partial charge is 0.447 e. The summed E-state index contributed by atoms with van der Waals surface area (Å²) in [5.41, 5.74) is 5.66. The fourth-order valence-corrected chi connectivity index (χ4v) is 7.05. The summed E-state index contributed by atoms with van der Waals surface area (Å²) in [4.78, 5) is 20.0. The average molecular weight is 560 g/mol. The second-order valence-corrected chi connectivity index (χ2v) is 11.8. The van der Waals surface area contributed by atoms with Gasteiger partial charge in [0.05, 0.1) is 39.4 Å². The third-order valence-electron chi connectivity index (χ3n) is 7.43. The Bertz CT molecular complexity index is 2050. The van der Waals surface area contributed by atoms with Crippen LogP contribution in [0.5, 0.6) is 0 Å². The topological polar surface area (TPSA) is 81.5 Å². The number of rotatable bonds is 5. The number of ether oxygens (including phenoxy) is 1. The molecule has 0 atom stereocenters. The Morgan fingerprint density at radius 2 is 1.41 bits per heavy atom. The lowest BCUT2D eigenvalue weighted by molar-refractivity contribution is 0.181. The standard InChI is InChI=1S/C33H25N3O4S/c1-22-16-18-25(19-17-22)41(38,39)36-27-15-9-8-14-26(27)30-32(36)28(23-10-4-2-5-11-23)31(35-20-21-40-33(35)37)29(34-30)24-12-6-3-7-13-24/h2-19H,20-21H2,1H3. The first-order valence-electron chi connectivity index (χ1n) is 13.3. The fourth-order valence-electron chi connectivity index (χ4n) is 5.52. The van der Waals surface area contributed by atoms with Gasteiger partial charge in [-0.3, -0.25) is 4.90 Å². The van der Waals surface area contributed by atoms with Crippen molar-refractivity contribution >= 4 is 43.7 Å². The Morgan fingerprint density at radius 1 is 0.780 bits per heavy atom. The number of amides is 1. The van der Waals surface area contributed by atoms with E-state index in [0.29, 0.717) is 45.4 Å². The SMILES string of the molecule is Cc1ccc(S(=O)(=O)n2c3ccccc3c3nc(-c4ccccc4)c(N4CCOC4=O)c(-c4ccccc4)c32)cc1. The number of benzene rings is 4. The lowest BCUT2D eigenvalue weighted by Crippen LogP contribution is -2.25. The average Bonchev–Trinajstić information content (AvgIpc) is 3.58. The fraction of sp³-hybridized carbons (Fsp3) is 0.0909. The first-order chi connectivity index (χ1) is 19.9. The predicted molar refractivity (Wildman–Crippen MR) is 161 cm³/mol. The molecular weight excluding hydrogens is 534 g/mol. The van der Waals surface area contributed by atoms with Gasteiger partial charge in [0.25, 0.3) is 10.0 Å². The lowest BCUT2D eigenvalue weighted by atomic mass is 9.97. The van der Waals surface area contributed by atoms with Gasteiger partial charge in [-0.05, 0) is 30.7 Å². The zero-order valence-electron chi connectivity index (χ0n) is 22.2. The smallest absolute Gasteiger partial charge is 0.414 e. The van der Waals surface area contributed by atoms with E-state index < -0.39 is 16.1 Å². The summed E-state index contributed by atoms with van der Waals surface area (Å²) in [6, 6.07) is 33.4. The maximum atomic E-state index is 14.5. The van der Waals surface area contributed by atoms with Gasteiger partial charge in [0, 0.05) is 16.5 Å². The van der Waals surface area contributed by atoms with Crippen LogP contribution in [0.1, 0.15) is 5.56 Å². The second-order valence-electron chi connectivity index (χ2n) is 9.98. The number of hydrogen-bond acceptors (Lipinski definition) is 5. The molecule has 4 aromatic carbocycles. The Kier molecular flexibility index (Phi) is 5.87. The highest BCUT2D eigenvalue weighted by Gasteiger charge is 2.35. The van der Waals surface area contributed by atoms with E-state index in [-0.39, 0.29) is 11.5 Å². The van der Waals surface area contributed by atoms with E-state index in [4.69, 9.17) is 9.72 Å². The molecule has 0 N–H and O–H groups in total. The molecule has 0 spiro atoms. The maximum absolute atomic E-state index is 14.5. The number of pyridine rings is 1. The Balaban J connectivity index is 1.72. The highest BCUT2D eigenvalue weighted by Crippen LogP contribution is 2.47. The highest BCUT2D eigenvalue weighted by molar-refractivity contribution is 7.90. The van der Waals surface area contributed by atoms with E-state index in [9.17, 15) is 13.2 Å². The van der Waals surface area contributed by atoms with Gasteiger partial charge >= 0.3 is 6.09 Å². The van der Waals surface area contributed by atoms with Crippen molar-refractivity contribution in [2.75, 3.05) is 18.1 Å². The van der Waals surface area contributed by atoms with Crippen molar-refractivity contribution in [1.29, 1.82) is 0 Å². The van der Waals surface area contributed by atoms with Crippen LogP contribution in [-0.2, 0) is 14.8 Å². The minimum atomic E-state index is -4.09. The lowest BCUT2D eigenvalue weighted by Gasteiger charge is -2.23. The van der Waals surface area contributed by atoms with Gasteiger partial charge in [-0.1, -0.05) is 96.6 Å². The first kappa shape index (κ1) is 25.0. The molecule has 1 aliphatic heterocycles. The van der Waals surface area contributed by atoms with Crippen molar-refractivity contribution in [3.63, 3.8) is 0 Å². The van der Waals surface area contributed by atoms with Crippen LogP contribution in [0.25, 0.3) is 44.3 Å². The monoisotopic (exact) mass is 559 g/mol. The van der Waals surface area contributed by atoms with Gasteiger partial charge in [-0.2, -0.15) is 0 Å². The summed E-state index contributed by atoms with van der Waals surface area (Å²) in [6.45, 7) is 2.46. The van der Waals surface area contributed by atoms with E-state index >= 15 is 0 Å². The summed E-state index contributed by atoms with van der Waals surface area (Å²) in [6.07, 6.45) is -0.496. The van der Waals surface area contributed by atoms with Crippen molar-refractivity contribution in [2.24, 2.45) is 0 Å². The quantitative estimate of drug-likeness (QED) is 0.227. The van der Waals surface area contributed by atoms with Crippen molar-refractivity contribution in [2.45, 2.75) is 11.8 Å². The third-order valence-corrected chi connectivity index (χ3v) is 9.15. The minimum Gasteiger partial charge on any atom is -0.447 e. The van der Waals surface area contributed by atoms with Crippen LogP contribution in [0, 0.1) is 6.92 Å². The molecule has 41 heavy (non-hydrogen) atoms. The minimum absolute atomic E-state index is 0.166. The summed E-state index contributed by atoms with van der Waals surface area (Å²) in [5.74, 6) is 0. The summed E-state index contributed by atoms with van der Waals surface area (Å²) in [7, 11) is -4.09. The molecular formula is C33H25N3O4S. The number of carbonyl (C=O) groups excluding carboxylic acids is 1. The summed E-state index contributed by atoms with van der Waals surface area (Å²) in [5, 5.41) is 0.697.